The molecule has 4 unspecified atom stereocenters. The maximum absolute atomic E-state index is 12.1. The molecule has 2 heteroatoms. The third-order valence-electron chi connectivity index (χ3n) is 6.05. The Morgan fingerprint density at radius 3 is 2.55 bits per heavy atom. The fraction of sp³-hybridized carbons (Fsp3) is 0.833. The summed E-state index contributed by atoms with van der Waals surface area (Å²) in [5.41, 5.74) is 0.404. The van der Waals surface area contributed by atoms with E-state index in [0.717, 1.165) is 24.7 Å². The van der Waals surface area contributed by atoms with Crippen molar-refractivity contribution in [2.45, 2.75) is 76.7 Å². The number of rotatable bonds is 2. The number of hydrogen-bond acceptors (Lipinski definition) is 2. The summed E-state index contributed by atoms with van der Waals surface area (Å²) in [7, 11) is 0. The number of esters is 1. The SMILES string of the molecule is C=C(C)C(=O)OC12CCCCC1CC1CCCCC1C2. The highest BCUT2D eigenvalue weighted by Gasteiger charge is 2.51. The highest BCUT2D eigenvalue weighted by atomic mass is 16.6. The van der Waals surface area contributed by atoms with E-state index in [4.69, 9.17) is 4.74 Å². The van der Waals surface area contributed by atoms with Crippen LogP contribution < -0.4 is 0 Å². The van der Waals surface area contributed by atoms with Gasteiger partial charge in [0.25, 0.3) is 0 Å². The zero-order valence-electron chi connectivity index (χ0n) is 12.8. The molecule has 0 aromatic carbocycles. The van der Waals surface area contributed by atoms with Gasteiger partial charge in [-0.3, -0.25) is 0 Å². The van der Waals surface area contributed by atoms with Gasteiger partial charge in [-0.25, -0.2) is 4.79 Å². The summed E-state index contributed by atoms with van der Waals surface area (Å²) in [6.07, 6.45) is 12.8. The Kier molecular flexibility index (Phi) is 3.92. The van der Waals surface area contributed by atoms with E-state index < -0.39 is 0 Å². The minimum absolute atomic E-state index is 0.146. The van der Waals surface area contributed by atoms with Crippen molar-refractivity contribution in [1.29, 1.82) is 0 Å². The molecule has 3 aliphatic carbocycles. The molecule has 3 saturated carbocycles. The van der Waals surface area contributed by atoms with Crippen molar-refractivity contribution in [2.75, 3.05) is 0 Å². The molecule has 0 radical (unpaired) electrons. The molecule has 3 rings (SSSR count). The van der Waals surface area contributed by atoms with Gasteiger partial charge in [0.1, 0.15) is 5.60 Å². The molecule has 0 aliphatic heterocycles. The number of fused-ring (bicyclic) bond motifs is 2. The molecule has 0 amide bonds. The van der Waals surface area contributed by atoms with Gasteiger partial charge in [-0.15, -0.1) is 0 Å². The van der Waals surface area contributed by atoms with Gasteiger partial charge >= 0.3 is 5.97 Å². The summed E-state index contributed by atoms with van der Waals surface area (Å²) in [4.78, 5) is 12.1. The molecule has 0 spiro atoms. The zero-order valence-corrected chi connectivity index (χ0v) is 12.8. The highest BCUT2D eigenvalue weighted by Crippen LogP contribution is 2.53. The minimum atomic E-state index is -0.161. The van der Waals surface area contributed by atoms with Crippen LogP contribution in [0.1, 0.15) is 71.1 Å². The molecule has 20 heavy (non-hydrogen) atoms. The standard InChI is InChI=1S/C18H28O2/c1-13(2)17(19)20-18-10-6-5-9-16(18)11-14-7-3-4-8-15(14)12-18/h14-16H,1,3-12H2,2H3. The minimum Gasteiger partial charge on any atom is -0.455 e. The Hall–Kier alpha value is -0.790. The molecule has 0 heterocycles. The number of carbonyl (C=O) groups is 1. The average molecular weight is 276 g/mol. The fourth-order valence-electron chi connectivity index (χ4n) is 5.00. The van der Waals surface area contributed by atoms with Gasteiger partial charge < -0.3 is 4.74 Å². The molecule has 0 N–H and O–H groups in total. The summed E-state index contributed by atoms with van der Waals surface area (Å²) >= 11 is 0. The van der Waals surface area contributed by atoms with Gasteiger partial charge in [-0.05, 0) is 56.8 Å². The van der Waals surface area contributed by atoms with Crippen LogP contribution in [-0.2, 0) is 9.53 Å². The molecule has 0 aromatic heterocycles. The van der Waals surface area contributed by atoms with Crippen LogP contribution >= 0.6 is 0 Å². The van der Waals surface area contributed by atoms with Crippen LogP contribution in [0.5, 0.6) is 0 Å². The Morgan fingerprint density at radius 2 is 1.80 bits per heavy atom. The first-order valence-corrected chi connectivity index (χ1v) is 8.49. The van der Waals surface area contributed by atoms with Crippen molar-refractivity contribution in [2.24, 2.45) is 17.8 Å². The Bertz CT molecular complexity index is 400. The quantitative estimate of drug-likeness (QED) is 0.542. The lowest BCUT2D eigenvalue weighted by molar-refractivity contribution is -0.180. The second-order valence-electron chi connectivity index (χ2n) is 7.42. The molecular formula is C18H28O2. The summed E-state index contributed by atoms with van der Waals surface area (Å²) < 4.78 is 6.05. The molecule has 0 saturated heterocycles. The van der Waals surface area contributed by atoms with Crippen LogP contribution in [0.15, 0.2) is 12.2 Å². The van der Waals surface area contributed by atoms with Gasteiger partial charge in [0.05, 0.1) is 0 Å². The Morgan fingerprint density at radius 1 is 1.10 bits per heavy atom. The van der Waals surface area contributed by atoms with Crippen LogP contribution in [0.25, 0.3) is 0 Å². The van der Waals surface area contributed by atoms with Gasteiger partial charge in [0, 0.05) is 5.57 Å². The molecule has 112 valence electrons. The monoisotopic (exact) mass is 276 g/mol. The summed E-state index contributed by atoms with van der Waals surface area (Å²) in [6.45, 7) is 5.53. The van der Waals surface area contributed by atoms with Gasteiger partial charge in [-0.1, -0.05) is 38.7 Å². The molecule has 4 atom stereocenters. The predicted molar refractivity (Wildman–Crippen MR) is 80.3 cm³/mol. The lowest BCUT2D eigenvalue weighted by Crippen LogP contribution is -2.52. The number of ether oxygens (including phenoxy) is 1. The summed E-state index contributed by atoms with van der Waals surface area (Å²) in [5.74, 6) is 2.16. The Labute approximate surface area is 123 Å². The van der Waals surface area contributed by atoms with E-state index in [1.165, 1.54) is 51.4 Å². The van der Waals surface area contributed by atoms with Crippen molar-refractivity contribution in [3.8, 4) is 0 Å². The smallest absolute Gasteiger partial charge is 0.333 e. The third kappa shape index (κ3) is 2.54. The number of hydrogen-bond donors (Lipinski definition) is 0. The second-order valence-corrected chi connectivity index (χ2v) is 7.42. The lowest BCUT2D eigenvalue weighted by Gasteiger charge is -2.53. The normalized spacial score (nSPS) is 40.4. The van der Waals surface area contributed by atoms with E-state index in [9.17, 15) is 4.79 Å². The van der Waals surface area contributed by atoms with E-state index in [-0.39, 0.29) is 11.6 Å². The Balaban J connectivity index is 1.80. The van der Waals surface area contributed by atoms with Crippen molar-refractivity contribution < 1.29 is 9.53 Å². The van der Waals surface area contributed by atoms with Crippen LogP contribution in [0.2, 0.25) is 0 Å². The lowest BCUT2D eigenvalue weighted by atomic mass is 9.57. The van der Waals surface area contributed by atoms with Crippen molar-refractivity contribution >= 4 is 5.97 Å². The molecule has 0 aromatic rings. The van der Waals surface area contributed by atoms with Gasteiger partial charge in [0.2, 0.25) is 0 Å². The van der Waals surface area contributed by atoms with E-state index in [2.05, 4.69) is 6.58 Å². The summed E-state index contributed by atoms with van der Waals surface area (Å²) in [6, 6.07) is 0. The maximum atomic E-state index is 12.1. The molecule has 2 nitrogen and oxygen atoms in total. The van der Waals surface area contributed by atoms with Crippen molar-refractivity contribution in [1.82, 2.24) is 0 Å². The van der Waals surface area contributed by atoms with E-state index in [1.807, 2.05) is 0 Å². The average Bonchev–Trinajstić information content (AvgIpc) is 2.44. The maximum Gasteiger partial charge on any atom is 0.333 e. The molecular weight excluding hydrogens is 248 g/mol. The van der Waals surface area contributed by atoms with Gasteiger partial charge in [-0.2, -0.15) is 0 Å². The van der Waals surface area contributed by atoms with Gasteiger partial charge in [0.15, 0.2) is 0 Å². The third-order valence-corrected chi connectivity index (χ3v) is 6.05. The van der Waals surface area contributed by atoms with Crippen LogP contribution in [0.3, 0.4) is 0 Å². The van der Waals surface area contributed by atoms with E-state index >= 15 is 0 Å². The first-order chi connectivity index (χ1) is 9.61. The molecule has 3 fully saturated rings. The van der Waals surface area contributed by atoms with E-state index in [0.29, 0.717) is 11.5 Å². The largest absolute Gasteiger partial charge is 0.455 e. The topological polar surface area (TPSA) is 26.3 Å². The number of carbonyl (C=O) groups excluding carboxylic acids is 1. The summed E-state index contributed by atoms with van der Waals surface area (Å²) in [5, 5.41) is 0. The molecule has 0 bridgehead atoms. The van der Waals surface area contributed by atoms with Crippen LogP contribution in [0.4, 0.5) is 0 Å². The second kappa shape index (κ2) is 5.54. The first-order valence-electron chi connectivity index (χ1n) is 8.49. The van der Waals surface area contributed by atoms with E-state index in [1.54, 1.807) is 6.92 Å². The van der Waals surface area contributed by atoms with Crippen molar-refractivity contribution in [3.05, 3.63) is 12.2 Å². The first kappa shape index (κ1) is 14.2. The predicted octanol–water partition coefficient (Wildman–Crippen LogP) is 4.63. The highest BCUT2D eigenvalue weighted by molar-refractivity contribution is 5.87. The van der Waals surface area contributed by atoms with Crippen LogP contribution in [0, 0.1) is 17.8 Å². The fourth-order valence-corrected chi connectivity index (χ4v) is 5.00. The van der Waals surface area contributed by atoms with Crippen molar-refractivity contribution in [3.63, 3.8) is 0 Å². The molecule has 3 aliphatic rings. The zero-order chi connectivity index (χ0) is 14.2. The van der Waals surface area contributed by atoms with Crippen LogP contribution in [-0.4, -0.2) is 11.6 Å².